The van der Waals surface area contributed by atoms with Gasteiger partial charge in [-0.1, -0.05) is 18.2 Å². The highest BCUT2D eigenvalue weighted by molar-refractivity contribution is 8.93. The molecule has 1 aromatic heterocycles. The van der Waals surface area contributed by atoms with Gasteiger partial charge in [0.05, 0.1) is 12.3 Å². The van der Waals surface area contributed by atoms with Crippen molar-refractivity contribution in [2.75, 3.05) is 11.9 Å². The number of halogens is 1. The maximum atomic E-state index is 5.45. The molecule has 0 radical (unpaired) electrons. The molecular weight excluding hydrogens is 360 g/mol. The average molecular weight is 377 g/mol. The first-order chi connectivity index (χ1) is 10.3. The molecular formula is C17H17BrN2OS. The van der Waals surface area contributed by atoms with Gasteiger partial charge in [0.2, 0.25) is 0 Å². The van der Waals surface area contributed by atoms with E-state index in [2.05, 4.69) is 15.7 Å². The fraction of sp³-hybridized carbons (Fsp3) is 0.118. The number of nitrogens with one attached hydrogen (secondary N) is 1. The van der Waals surface area contributed by atoms with Crippen LogP contribution < -0.4 is 10.1 Å². The molecule has 0 unspecified atom stereocenters. The number of ether oxygens (including phenoxy) is 1. The molecule has 2 aromatic carbocycles. The fourth-order valence-corrected chi connectivity index (χ4v) is 2.74. The van der Waals surface area contributed by atoms with Crippen LogP contribution in [0.5, 0.6) is 5.75 Å². The van der Waals surface area contributed by atoms with Gasteiger partial charge in [0, 0.05) is 16.6 Å². The van der Waals surface area contributed by atoms with Crippen LogP contribution >= 0.6 is 28.3 Å². The number of rotatable bonds is 5. The maximum absolute atomic E-state index is 5.45. The Bertz CT molecular complexity index is 698. The third-order valence-electron chi connectivity index (χ3n) is 2.99. The number of nitrogens with zero attached hydrogens (tertiary/aromatic N) is 1. The summed E-state index contributed by atoms with van der Waals surface area (Å²) in [6.45, 7) is 2.66. The molecule has 0 spiro atoms. The first-order valence-corrected chi connectivity index (χ1v) is 7.74. The quantitative estimate of drug-likeness (QED) is 0.635. The van der Waals surface area contributed by atoms with Gasteiger partial charge in [0.1, 0.15) is 5.75 Å². The third-order valence-corrected chi connectivity index (χ3v) is 3.75. The van der Waals surface area contributed by atoms with Crippen molar-refractivity contribution in [2.24, 2.45) is 0 Å². The monoisotopic (exact) mass is 376 g/mol. The third kappa shape index (κ3) is 4.08. The van der Waals surface area contributed by atoms with E-state index in [0.29, 0.717) is 6.61 Å². The lowest BCUT2D eigenvalue weighted by molar-refractivity contribution is 0.340. The Labute approximate surface area is 144 Å². The van der Waals surface area contributed by atoms with E-state index in [1.807, 2.05) is 61.5 Å². The highest BCUT2D eigenvalue weighted by atomic mass is 79.9. The number of thiazole rings is 1. The number of anilines is 2. The van der Waals surface area contributed by atoms with E-state index >= 15 is 0 Å². The van der Waals surface area contributed by atoms with Crippen LogP contribution in [0.1, 0.15) is 6.92 Å². The number of hydrogen-bond acceptors (Lipinski definition) is 4. The second kappa shape index (κ2) is 7.96. The van der Waals surface area contributed by atoms with Crippen molar-refractivity contribution in [1.82, 2.24) is 4.98 Å². The molecule has 0 saturated heterocycles. The van der Waals surface area contributed by atoms with Gasteiger partial charge >= 0.3 is 0 Å². The zero-order chi connectivity index (χ0) is 14.5. The first kappa shape index (κ1) is 16.5. The van der Waals surface area contributed by atoms with Crippen LogP contribution in [0.25, 0.3) is 11.3 Å². The van der Waals surface area contributed by atoms with E-state index in [1.54, 1.807) is 11.3 Å². The molecule has 0 fully saturated rings. The minimum Gasteiger partial charge on any atom is -0.494 e. The van der Waals surface area contributed by atoms with Crippen molar-refractivity contribution < 1.29 is 4.74 Å². The Kier molecular flexibility index (Phi) is 5.98. The Morgan fingerprint density at radius 2 is 1.77 bits per heavy atom. The van der Waals surface area contributed by atoms with Gasteiger partial charge in [0.15, 0.2) is 5.13 Å². The molecule has 3 aromatic rings. The Balaban J connectivity index is 0.00000176. The van der Waals surface area contributed by atoms with E-state index in [1.165, 1.54) is 0 Å². The van der Waals surface area contributed by atoms with Crippen molar-refractivity contribution in [3.05, 3.63) is 60.0 Å². The molecule has 0 atom stereocenters. The lowest BCUT2D eigenvalue weighted by atomic mass is 10.2. The largest absolute Gasteiger partial charge is 0.494 e. The second-order valence-electron chi connectivity index (χ2n) is 4.49. The molecule has 1 N–H and O–H groups in total. The first-order valence-electron chi connectivity index (χ1n) is 6.86. The average Bonchev–Trinajstić information content (AvgIpc) is 2.98. The molecule has 5 heteroatoms. The SMILES string of the molecule is Br.CCOc1ccc(-c2csc(Nc3ccccc3)n2)cc1. The van der Waals surface area contributed by atoms with Crippen LogP contribution in [0.15, 0.2) is 60.0 Å². The van der Waals surface area contributed by atoms with Crippen LogP contribution in [0.3, 0.4) is 0 Å². The van der Waals surface area contributed by atoms with Crippen LogP contribution in [-0.2, 0) is 0 Å². The molecule has 0 aliphatic carbocycles. The van der Waals surface area contributed by atoms with Gasteiger partial charge in [-0.05, 0) is 43.3 Å². The summed E-state index contributed by atoms with van der Waals surface area (Å²) in [4.78, 5) is 4.62. The molecule has 22 heavy (non-hydrogen) atoms. The molecule has 114 valence electrons. The van der Waals surface area contributed by atoms with Gasteiger partial charge in [-0.2, -0.15) is 0 Å². The maximum Gasteiger partial charge on any atom is 0.187 e. The zero-order valence-electron chi connectivity index (χ0n) is 12.2. The lowest BCUT2D eigenvalue weighted by Crippen LogP contribution is -1.91. The van der Waals surface area contributed by atoms with Gasteiger partial charge in [-0.3, -0.25) is 0 Å². The predicted molar refractivity (Wildman–Crippen MR) is 98.8 cm³/mol. The van der Waals surface area contributed by atoms with Crippen molar-refractivity contribution in [3.8, 4) is 17.0 Å². The van der Waals surface area contributed by atoms with E-state index in [-0.39, 0.29) is 17.0 Å². The minimum absolute atomic E-state index is 0. The number of benzene rings is 2. The standard InChI is InChI=1S/C17H16N2OS.BrH/c1-2-20-15-10-8-13(9-11-15)16-12-21-17(19-16)18-14-6-4-3-5-7-14;/h3-12H,2H2,1H3,(H,18,19);1H. The Morgan fingerprint density at radius 3 is 2.45 bits per heavy atom. The minimum atomic E-state index is 0. The summed E-state index contributed by atoms with van der Waals surface area (Å²) in [5.41, 5.74) is 3.11. The normalized spacial score (nSPS) is 9.86. The predicted octanol–water partition coefficient (Wildman–Crippen LogP) is 5.53. The zero-order valence-corrected chi connectivity index (χ0v) is 14.7. The highest BCUT2D eigenvalue weighted by Crippen LogP contribution is 2.28. The Hall–Kier alpha value is -1.85. The molecule has 3 nitrogen and oxygen atoms in total. The summed E-state index contributed by atoms with van der Waals surface area (Å²) >= 11 is 1.60. The molecule has 0 aliphatic heterocycles. The van der Waals surface area contributed by atoms with E-state index in [9.17, 15) is 0 Å². The summed E-state index contributed by atoms with van der Waals surface area (Å²) in [6, 6.07) is 18.1. The van der Waals surface area contributed by atoms with Crippen molar-refractivity contribution in [1.29, 1.82) is 0 Å². The van der Waals surface area contributed by atoms with Crippen LogP contribution in [0.4, 0.5) is 10.8 Å². The summed E-state index contributed by atoms with van der Waals surface area (Å²) in [5.74, 6) is 0.888. The Morgan fingerprint density at radius 1 is 1.05 bits per heavy atom. The molecule has 0 aliphatic rings. The summed E-state index contributed by atoms with van der Waals surface area (Å²) in [6.07, 6.45) is 0. The topological polar surface area (TPSA) is 34.1 Å². The molecule has 0 bridgehead atoms. The fourth-order valence-electron chi connectivity index (χ4n) is 2.00. The highest BCUT2D eigenvalue weighted by Gasteiger charge is 2.05. The summed E-state index contributed by atoms with van der Waals surface area (Å²) < 4.78 is 5.45. The van der Waals surface area contributed by atoms with Crippen LogP contribution in [0, 0.1) is 0 Å². The molecule has 0 amide bonds. The lowest BCUT2D eigenvalue weighted by Gasteiger charge is -2.03. The van der Waals surface area contributed by atoms with Crippen molar-refractivity contribution in [3.63, 3.8) is 0 Å². The summed E-state index contributed by atoms with van der Waals surface area (Å²) in [5, 5.41) is 6.26. The number of aromatic nitrogens is 1. The molecule has 1 heterocycles. The van der Waals surface area contributed by atoms with Crippen molar-refractivity contribution >= 4 is 39.1 Å². The van der Waals surface area contributed by atoms with Crippen molar-refractivity contribution in [2.45, 2.75) is 6.92 Å². The molecule has 3 rings (SSSR count). The van der Waals surface area contributed by atoms with Gasteiger partial charge in [0.25, 0.3) is 0 Å². The van der Waals surface area contributed by atoms with Crippen LogP contribution in [0.2, 0.25) is 0 Å². The number of para-hydroxylation sites is 1. The van der Waals surface area contributed by atoms with Gasteiger partial charge < -0.3 is 10.1 Å². The van der Waals surface area contributed by atoms with Gasteiger partial charge in [-0.25, -0.2) is 4.98 Å². The summed E-state index contributed by atoms with van der Waals surface area (Å²) in [7, 11) is 0. The smallest absolute Gasteiger partial charge is 0.187 e. The van der Waals surface area contributed by atoms with E-state index in [0.717, 1.165) is 27.8 Å². The molecule has 0 saturated carbocycles. The number of hydrogen-bond donors (Lipinski definition) is 1. The van der Waals surface area contributed by atoms with Gasteiger partial charge in [-0.15, -0.1) is 28.3 Å². The van der Waals surface area contributed by atoms with E-state index in [4.69, 9.17) is 4.74 Å². The van der Waals surface area contributed by atoms with Crippen LogP contribution in [-0.4, -0.2) is 11.6 Å². The van der Waals surface area contributed by atoms with E-state index < -0.39 is 0 Å². The second-order valence-corrected chi connectivity index (χ2v) is 5.34.